The van der Waals surface area contributed by atoms with Crippen molar-refractivity contribution >= 4 is 56.5 Å². The molecule has 9 heteroatoms. The number of anilines is 1. The van der Waals surface area contributed by atoms with Gasteiger partial charge in [-0.05, 0) is 42.5 Å². The van der Waals surface area contributed by atoms with E-state index in [0.29, 0.717) is 15.7 Å². The van der Waals surface area contributed by atoms with E-state index in [2.05, 4.69) is 5.32 Å². The lowest BCUT2D eigenvalue weighted by Gasteiger charge is -2.09. The number of hydrogen-bond acceptors (Lipinski definition) is 3. The van der Waals surface area contributed by atoms with Crippen LogP contribution in [0.25, 0.3) is 0 Å². The van der Waals surface area contributed by atoms with Gasteiger partial charge in [-0.25, -0.2) is 17.9 Å². The second kappa shape index (κ2) is 6.75. The molecule has 2 aromatic carbocycles. The lowest BCUT2D eigenvalue weighted by Crippen LogP contribution is -2.34. The normalized spacial score (nSPS) is 11.0. The summed E-state index contributed by atoms with van der Waals surface area (Å²) in [6.07, 6.45) is 0. The molecule has 0 aromatic heterocycles. The molecule has 0 fully saturated rings. The van der Waals surface area contributed by atoms with Gasteiger partial charge < -0.3 is 5.32 Å². The number of hydrogen-bond donors (Lipinski definition) is 2. The fourth-order valence-electron chi connectivity index (χ4n) is 1.53. The minimum absolute atomic E-state index is 0.0822. The van der Waals surface area contributed by atoms with Gasteiger partial charge in [0.25, 0.3) is 10.0 Å². The Morgan fingerprint density at radius 1 is 0.909 bits per heavy atom. The SMILES string of the molecule is O=C(Nc1ccc(Cl)c(Cl)c1)NS(=O)(=O)c1ccc(Cl)cc1. The predicted molar refractivity (Wildman–Crippen MR) is 87.3 cm³/mol. The number of nitrogens with one attached hydrogen (secondary N) is 2. The van der Waals surface area contributed by atoms with Crippen LogP contribution >= 0.6 is 34.8 Å². The third-order valence-corrected chi connectivity index (χ3v) is 4.87. The number of carbonyl (C=O) groups excluding carboxylic acids is 1. The molecular formula is C13H9Cl3N2O3S. The first-order chi connectivity index (χ1) is 10.3. The van der Waals surface area contributed by atoms with Crippen molar-refractivity contribution in [2.24, 2.45) is 0 Å². The topological polar surface area (TPSA) is 75.3 Å². The quantitative estimate of drug-likeness (QED) is 0.841. The van der Waals surface area contributed by atoms with E-state index in [9.17, 15) is 13.2 Å². The van der Waals surface area contributed by atoms with Gasteiger partial charge in [-0.15, -0.1) is 0 Å². The van der Waals surface area contributed by atoms with E-state index in [0.717, 1.165) is 0 Å². The Labute approximate surface area is 142 Å². The lowest BCUT2D eigenvalue weighted by atomic mass is 10.3. The summed E-state index contributed by atoms with van der Waals surface area (Å²) in [5.41, 5.74) is 0.304. The zero-order valence-corrected chi connectivity index (χ0v) is 13.9. The van der Waals surface area contributed by atoms with Gasteiger partial charge in [-0.2, -0.15) is 0 Å². The molecule has 22 heavy (non-hydrogen) atoms. The smallest absolute Gasteiger partial charge is 0.307 e. The fraction of sp³-hybridized carbons (Fsp3) is 0. The van der Waals surface area contributed by atoms with E-state index in [1.807, 2.05) is 4.72 Å². The van der Waals surface area contributed by atoms with E-state index < -0.39 is 16.1 Å². The lowest BCUT2D eigenvalue weighted by molar-refractivity contribution is 0.256. The highest BCUT2D eigenvalue weighted by Crippen LogP contribution is 2.25. The third kappa shape index (κ3) is 4.27. The molecule has 0 aliphatic heterocycles. The highest BCUT2D eigenvalue weighted by Gasteiger charge is 2.17. The van der Waals surface area contributed by atoms with Gasteiger partial charge in [0.2, 0.25) is 0 Å². The molecule has 0 unspecified atom stereocenters. The second-order valence-corrected chi connectivity index (χ2v) is 7.08. The Morgan fingerprint density at radius 3 is 2.14 bits per heavy atom. The van der Waals surface area contributed by atoms with Crippen LogP contribution < -0.4 is 10.0 Å². The van der Waals surface area contributed by atoms with Gasteiger partial charge in [0.05, 0.1) is 14.9 Å². The summed E-state index contributed by atoms with van der Waals surface area (Å²) < 4.78 is 25.9. The van der Waals surface area contributed by atoms with E-state index in [1.54, 1.807) is 0 Å². The van der Waals surface area contributed by atoms with Crippen molar-refractivity contribution in [1.82, 2.24) is 4.72 Å². The zero-order valence-electron chi connectivity index (χ0n) is 10.8. The molecule has 116 valence electrons. The minimum atomic E-state index is -3.99. The van der Waals surface area contributed by atoms with Gasteiger partial charge in [-0.3, -0.25) is 0 Å². The molecule has 0 radical (unpaired) electrons. The third-order valence-electron chi connectivity index (χ3n) is 2.53. The number of halogens is 3. The number of amides is 2. The maximum absolute atomic E-state index is 12.0. The predicted octanol–water partition coefficient (Wildman–Crippen LogP) is 4.16. The van der Waals surface area contributed by atoms with Crippen molar-refractivity contribution in [3.05, 3.63) is 57.5 Å². The maximum Gasteiger partial charge on any atom is 0.333 e. The summed E-state index contributed by atoms with van der Waals surface area (Å²) in [6, 6.07) is 8.84. The molecule has 0 atom stereocenters. The molecule has 2 amide bonds. The van der Waals surface area contributed by atoms with Gasteiger partial charge in [0, 0.05) is 10.7 Å². The number of carbonyl (C=O) groups is 1. The van der Waals surface area contributed by atoms with Crippen molar-refractivity contribution < 1.29 is 13.2 Å². The minimum Gasteiger partial charge on any atom is -0.307 e. The largest absolute Gasteiger partial charge is 0.333 e. The number of sulfonamides is 1. The Hall–Kier alpha value is -1.47. The maximum atomic E-state index is 12.0. The van der Waals surface area contributed by atoms with Crippen LogP contribution in [0.4, 0.5) is 10.5 Å². The van der Waals surface area contributed by atoms with E-state index in [1.165, 1.54) is 42.5 Å². The van der Waals surface area contributed by atoms with Crippen LogP contribution in [0, 0.1) is 0 Å². The van der Waals surface area contributed by atoms with Gasteiger partial charge in [0.15, 0.2) is 0 Å². The molecule has 0 heterocycles. The number of benzene rings is 2. The Morgan fingerprint density at radius 2 is 1.55 bits per heavy atom. The van der Waals surface area contributed by atoms with Crippen LogP contribution in [0.2, 0.25) is 15.1 Å². The van der Waals surface area contributed by atoms with Crippen LogP contribution in [0.5, 0.6) is 0 Å². The number of rotatable bonds is 3. The summed E-state index contributed by atoms with van der Waals surface area (Å²) in [5, 5.41) is 3.29. The number of urea groups is 1. The molecule has 2 aromatic rings. The summed E-state index contributed by atoms with van der Waals surface area (Å²) in [6.45, 7) is 0. The van der Waals surface area contributed by atoms with E-state index in [4.69, 9.17) is 34.8 Å². The van der Waals surface area contributed by atoms with Crippen LogP contribution in [-0.4, -0.2) is 14.4 Å². The van der Waals surface area contributed by atoms with Crippen LogP contribution in [-0.2, 0) is 10.0 Å². The van der Waals surface area contributed by atoms with Gasteiger partial charge in [-0.1, -0.05) is 34.8 Å². The molecule has 0 spiro atoms. The van der Waals surface area contributed by atoms with Crippen molar-refractivity contribution in [3.63, 3.8) is 0 Å². The molecule has 2 rings (SSSR count). The summed E-state index contributed by atoms with van der Waals surface area (Å²) in [4.78, 5) is 11.7. The Balaban J connectivity index is 2.10. The first-order valence-electron chi connectivity index (χ1n) is 5.82. The van der Waals surface area contributed by atoms with Gasteiger partial charge >= 0.3 is 6.03 Å². The van der Waals surface area contributed by atoms with Crippen LogP contribution in [0.3, 0.4) is 0 Å². The molecule has 5 nitrogen and oxygen atoms in total. The van der Waals surface area contributed by atoms with Crippen LogP contribution in [0.15, 0.2) is 47.4 Å². The first kappa shape index (κ1) is 16.9. The average Bonchev–Trinajstić information content (AvgIpc) is 2.42. The zero-order chi connectivity index (χ0) is 16.3. The first-order valence-corrected chi connectivity index (χ1v) is 8.44. The average molecular weight is 380 g/mol. The van der Waals surface area contributed by atoms with Crippen molar-refractivity contribution in [1.29, 1.82) is 0 Å². The highest BCUT2D eigenvalue weighted by molar-refractivity contribution is 7.90. The van der Waals surface area contributed by atoms with Crippen LogP contribution in [0.1, 0.15) is 0 Å². The van der Waals surface area contributed by atoms with E-state index in [-0.39, 0.29) is 9.92 Å². The van der Waals surface area contributed by atoms with Crippen molar-refractivity contribution in [2.45, 2.75) is 4.90 Å². The second-order valence-electron chi connectivity index (χ2n) is 4.14. The summed E-state index contributed by atoms with van der Waals surface area (Å²) in [7, 11) is -3.99. The standard InChI is InChI=1S/C13H9Cl3N2O3S/c14-8-1-4-10(5-2-8)22(20,21)18-13(19)17-9-3-6-11(15)12(16)7-9/h1-7H,(H2,17,18,19). The molecule has 0 aliphatic rings. The summed E-state index contributed by atoms with van der Waals surface area (Å²) in [5.74, 6) is 0. The summed E-state index contributed by atoms with van der Waals surface area (Å²) >= 11 is 17.2. The monoisotopic (exact) mass is 378 g/mol. The van der Waals surface area contributed by atoms with Crippen molar-refractivity contribution in [3.8, 4) is 0 Å². The molecule has 0 saturated heterocycles. The Bertz CT molecular complexity index is 808. The molecular weight excluding hydrogens is 371 g/mol. The fourth-order valence-corrected chi connectivity index (χ4v) is 2.86. The molecule has 2 N–H and O–H groups in total. The molecule has 0 aliphatic carbocycles. The van der Waals surface area contributed by atoms with Crippen molar-refractivity contribution in [2.75, 3.05) is 5.32 Å². The Kier molecular flexibility index (Phi) is 5.18. The van der Waals surface area contributed by atoms with E-state index >= 15 is 0 Å². The molecule has 0 bridgehead atoms. The highest BCUT2D eigenvalue weighted by atomic mass is 35.5. The molecule has 0 saturated carbocycles. The van der Waals surface area contributed by atoms with Gasteiger partial charge in [0.1, 0.15) is 0 Å².